The van der Waals surface area contributed by atoms with Crippen LogP contribution in [0.4, 0.5) is 0 Å². The second kappa shape index (κ2) is 51.3. The summed E-state index contributed by atoms with van der Waals surface area (Å²) in [6.07, 6.45) is 59.6. The lowest BCUT2D eigenvalue weighted by Crippen LogP contribution is -2.46. The van der Waals surface area contributed by atoms with E-state index in [9.17, 15) is 19.8 Å². The molecule has 1 amide bonds. The van der Waals surface area contributed by atoms with Gasteiger partial charge in [-0.1, -0.05) is 257 Å². The molecule has 0 rings (SSSR count). The van der Waals surface area contributed by atoms with E-state index < -0.39 is 18.2 Å². The van der Waals surface area contributed by atoms with Crippen molar-refractivity contribution >= 4 is 11.9 Å². The Labute approximate surface area is 392 Å². The molecule has 0 aromatic carbocycles. The molecule has 0 fully saturated rings. The van der Waals surface area contributed by atoms with E-state index in [1.807, 2.05) is 0 Å². The Morgan fingerprint density at radius 3 is 1.24 bits per heavy atom. The van der Waals surface area contributed by atoms with Crippen LogP contribution in [0.1, 0.15) is 303 Å². The number of carbonyl (C=O) groups excluding carboxylic acids is 2. The quantitative estimate of drug-likeness (QED) is 0.0321. The molecule has 0 saturated heterocycles. The van der Waals surface area contributed by atoms with Crippen molar-refractivity contribution < 1.29 is 24.5 Å². The van der Waals surface area contributed by atoms with Crippen LogP contribution >= 0.6 is 0 Å². The van der Waals surface area contributed by atoms with E-state index in [4.69, 9.17) is 4.74 Å². The van der Waals surface area contributed by atoms with Crippen LogP contribution < -0.4 is 5.32 Å². The first-order chi connectivity index (χ1) is 31.0. The third kappa shape index (κ3) is 46.7. The van der Waals surface area contributed by atoms with Crippen molar-refractivity contribution in [3.8, 4) is 0 Å². The SMILES string of the molecule is CCCCC/C=C\C/C=C\CCCCCCCC(CC(=O)NC(CO)C(O)CCCCCCCCCCCCC)OC(=O)CCCCCCCCCCCCCCCCCCCC. The minimum atomic E-state index is -0.787. The number of aliphatic hydroxyl groups excluding tert-OH is 2. The Morgan fingerprint density at radius 1 is 0.460 bits per heavy atom. The van der Waals surface area contributed by atoms with Crippen LogP contribution in [0.15, 0.2) is 24.3 Å². The van der Waals surface area contributed by atoms with Gasteiger partial charge < -0.3 is 20.3 Å². The first kappa shape index (κ1) is 61.3. The highest BCUT2D eigenvalue weighted by Gasteiger charge is 2.24. The van der Waals surface area contributed by atoms with Gasteiger partial charge in [0.05, 0.1) is 25.2 Å². The molecule has 0 radical (unpaired) electrons. The topological polar surface area (TPSA) is 95.9 Å². The molecule has 0 aromatic heterocycles. The molecule has 6 heteroatoms. The summed E-state index contributed by atoms with van der Waals surface area (Å²) in [6.45, 7) is 6.48. The average Bonchev–Trinajstić information content (AvgIpc) is 3.28. The van der Waals surface area contributed by atoms with E-state index in [0.29, 0.717) is 19.3 Å². The minimum absolute atomic E-state index is 0.0738. The zero-order valence-corrected chi connectivity index (χ0v) is 42.5. The predicted molar refractivity (Wildman–Crippen MR) is 273 cm³/mol. The summed E-state index contributed by atoms with van der Waals surface area (Å²) in [4.78, 5) is 26.2. The van der Waals surface area contributed by atoms with Crippen molar-refractivity contribution in [3.05, 3.63) is 24.3 Å². The van der Waals surface area contributed by atoms with Crippen molar-refractivity contribution in [2.24, 2.45) is 0 Å². The number of esters is 1. The van der Waals surface area contributed by atoms with Crippen LogP contribution in [0.5, 0.6) is 0 Å². The zero-order chi connectivity index (χ0) is 45.9. The normalized spacial score (nSPS) is 13.3. The van der Waals surface area contributed by atoms with E-state index in [1.165, 1.54) is 193 Å². The number of rotatable bonds is 51. The number of carbonyl (C=O) groups is 2. The maximum Gasteiger partial charge on any atom is 0.306 e. The molecule has 0 aliphatic heterocycles. The molecule has 0 heterocycles. The van der Waals surface area contributed by atoms with Gasteiger partial charge in [-0.05, 0) is 57.8 Å². The third-order valence-electron chi connectivity index (χ3n) is 13.0. The second-order valence-corrected chi connectivity index (χ2v) is 19.3. The molecule has 372 valence electrons. The van der Waals surface area contributed by atoms with Gasteiger partial charge in [-0.3, -0.25) is 9.59 Å². The monoisotopic (exact) mass is 888 g/mol. The fourth-order valence-electron chi connectivity index (χ4n) is 8.76. The van der Waals surface area contributed by atoms with E-state index in [2.05, 4.69) is 50.4 Å². The molecule has 63 heavy (non-hydrogen) atoms. The van der Waals surface area contributed by atoms with Gasteiger partial charge in [-0.2, -0.15) is 0 Å². The second-order valence-electron chi connectivity index (χ2n) is 19.3. The average molecular weight is 889 g/mol. The summed E-state index contributed by atoms with van der Waals surface area (Å²) in [7, 11) is 0. The van der Waals surface area contributed by atoms with Gasteiger partial charge in [0.1, 0.15) is 6.10 Å². The molecule has 0 aromatic rings. The molecule has 0 saturated carbocycles. The summed E-state index contributed by atoms with van der Waals surface area (Å²) < 4.78 is 5.95. The number of amides is 1. The Kier molecular flexibility index (Phi) is 50.0. The Bertz CT molecular complexity index is 997. The molecular formula is C57H109NO5. The molecule has 3 unspecified atom stereocenters. The molecule has 3 N–H and O–H groups in total. The summed E-state index contributed by atoms with van der Waals surface area (Å²) in [5.74, 6) is -0.470. The number of aliphatic hydroxyl groups is 2. The fourth-order valence-corrected chi connectivity index (χ4v) is 8.76. The number of hydrogen-bond acceptors (Lipinski definition) is 5. The van der Waals surface area contributed by atoms with Gasteiger partial charge in [0.25, 0.3) is 0 Å². The highest BCUT2D eigenvalue weighted by Crippen LogP contribution is 2.19. The first-order valence-electron chi connectivity index (χ1n) is 28.1. The molecule has 3 atom stereocenters. The Hall–Kier alpha value is -1.66. The molecule has 0 aliphatic rings. The van der Waals surface area contributed by atoms with Crippen molar-refractivity contribution in [1.29, 1.82) is 0 Å². The summed E-state index contributed by atoms with van der Waals surface area (Å²) >= 11 is 0. The maximum absolute atomic E-state index is 13.2. The van der Waals surface area contributed by atoms with E-state index >= 15 is 0 Å². The van der Waals surface area contributed by atoms with Gasteiger partial charge in [0.2, 0.25) is 5.91 Å². The number of nitrogens with one attached hydrogen (secondary N) is 1. The fraction of sp³-hybridized carbons (Fsp3) is 0.895. The lowest BCUT2D eigenvalue weighted by Gasteiger charge is -2.24. The predicted octanol–water partition coefficient (Wildman–Crippen LogP) is 17.1. The number of unbranched alkanes of at least 4 members (excludes halogenated alkanes) is 35. The standard InChI is InChI=1S/C57H109NO5/c1-4-7-10-13-16-19-22-24-26-27-28-30-32-35-38-41-44-47-50-57(62)63-53(48-45-42-39-36-34-31-29-25-23-20-17-14-11-8-5-2)51-56(61)58-54(52-59)55(60)49-46-43-40-37-33-21-18-15-12-9-6-3/h17,20,25,29,53-55,59-60H,4-16,18-19,21-24,26-28,30-52H2,1-3H3,(H,58,61)/b20-17-,29-25-. The number of allylic oxidation sites excluding steroid dienone is 4. The maximum atomic E-state index is 13.2. The van der Waals surface area contributed by atoms with Gasteiger partial charge in [-0.15, -0.1) is 0 Å². The Morgan fingerprint density at radius 2 is 0.810 bits per heavy atom. The van der Waals surface area contributed by atoms with Crippen LogP contribution in [0.2, 0.25) is 0 Å². The van der Waals surface area contributed by atoms with Crippen LogP contribution in [0.3, 0.4) is 0 Å². The van der Waals surface area contributed by atoms with Crippen molar-refractivity contribution in [1.82, 2.24) is 5.32 Å². The van der Waals surface area contributed by atoms with Gasteiger partial charge in [-0.25, -0.2) is 0 Å². The van der Waals surface area contributed by atoms with E-state index in [1.54, 1.807) is 0 Å². The van der Waals surface area contributed by atoms with Gasteiger partial charge >= 0.3 is 5.97 Å². The molecule has 0 spiro atoms. The summed E-state index contributed by atoms with van der Waals surface area (Å²) in [5, 5.41) is 23.8. The molecule has 0 aliphatic carbocycles. The highest BCUT2D eigenvalue weighted by atomic mass is 16.5. The molecule has 0 bridgehead atoms. The minimum Gasteiger partial charge on any atom is -0.462 e. The summed E-state index contributed by atoms with van der Waals surface area (Å²) in [5.41, 5.74) is 0. The number of hydrogen-bond donors (Lipinski definition) is 3. The van der Waals surface area contributed by atoms with E-state index in [-0.39, 0.29) is 24.9 Å². The van der Waals surface area contributed by atoms with Crippen LogP contribution in [-0.4, -0.2) is 46.9 Å². The van der Waals surface area contributed by atoms with Gasteiger partial charge in [0, 0.05) is 6.42 Å². The van der Waals surface area contributed by atoms with Crippen molar-refractivity contribution in [2.75, 3.05) is 6.61 Å². The smallest absolute Gasteiger partial charge is 0.306 e. The van der Waals surface area contributed by atoms with Crippen molar-refractivity contribution in [3.63, 3.8) is 0 Å². The molecular weight excluding hydrogens is 779 g/mol. The lowest BCUT2D eigenvalue weighted by atomic mass is 10.0. The van der Waals surface area contributed by atoms with Crippen LogP contribution in [0, 0.1) is 0 Å². The largest absolute Gasteiger partial charge is 0.462 e. The van der Waals surface area contributed by atoms with Gasteiger partial charge in [0.15, 0.2) is 0 Å². The Balaban J connectivity index is 4.52. The first-order valence-corrected chi connectivity index (χ1v) is 28.1. The third-order valence-corrected chi connectivity index (χ3v) is 13.0. The highest BCUT2D eigenvalue weighted by molar-refractivity contribution is 5.77. The molecule has 6 nitrogen and oxygen atoms in total. The van der Waals surface area contributed by atoms with Crippen LogP contribution in [0.25, 0.3) is 0 Å². The van der Waals surface area contributed by atoms with Crippen LogP contribution in [-0.2, 0) is 14.3 Å². The number of ether oxygens (including phenoxy) is 1. The zero-order valence-electron chi connectivity index (χ0n) is 42.5. The summed E-state index contributed by atoms with van der Waals surface area (Å²) in [6, 6.07) is -0.701. The lowest BCUT2D eigenvalue weighted by molar-refractivity contribution is -0.151. The van der Waals surface area contributed by atoms with E-state index in [0.717, 1.165) is 64.2 Å². The van der Waals surface area contributed by atoms with Crippen molar-refractivity contribution in [2.45, 2.75) is 322 Å².